The van der Waals surface area contributed by atoms with Crippen molar-refractivity contribution < 1.29 is 18.3 Å². The average molecular weight is 304 g/mol. The van der Waals surface area contributed by atoms with Crippen LogP contribution in [-0.2, 0) is 15.0 Å². The number of hydrogen-bond acceptors (Lipinski definition) is 3. The van der Waals surface area contributed by atoms with Crippen LogP contribution in [0.1, 0.15) is 33.1 Å². The molecule has 6 nitrogen and oxygen atoms in total. The summed E-state index contributed by atoms with van der Waals surface area (Å²) in [4.78, 5) is 11.1. The van der Waals surface area contributed by atoms with E-state index in [1.165, 1.54) is 8.61 Å². The van der Waals surface area contributed by atoms with E-state index in [4.69, 9.17) is 5.11 Å². The maximum Gasteiger partial charge on any atom is 0.307 e. The van der Waals surface area contributed by atoms with E-state index in [-0.39, 0.29) is 6.54 Å². The second-order valence-corrected chi connectivity index (χ2v) is 8.23. The molecule has 0 amide bonds. The lowest BCUT2D eigenvalue weighted by Crippen LogP contribution is -2.52. The molecule has 0 radical (unpaired) electrons. The molecular formula is C13H24N2O4S. The third kappa shape index (κ3) is 3.32. The smallest absolute Gasteiger partial charge is 0.307 e. The molecule has 2 heterocycles. The zero-order chi connectivity index (χ0) is 14.9. The Morgan fingerprint density at radius 1 is 1.10 bits per heavy atom. The second-order valence-electron chi connectivity index (χ2n) is 6.31. The number of carboxylic acid groups (broad SMARTS) is 1. The second kappa shape index (κ2) is 5.99. The maximum absolute atomic E-state index is 12.7. The highest BCUT2D eigenvalue weighted by Crippen LogP contribution is 2.27. The van der Waals surface area contributed by atoms with E-state index in [2.05, 4.69) is 13.8 Å². The van der Waals surface area contributed by atoms with Crippen molar-refractivity contribution in [2.75, 3.05) is 26.2 Å². The van der Waals surface area contributed by atoms with Crippen LogP contribution in [0.25, 0.3) is 0 Å². The van der Waals surface area contributed by atoms with Gasteiger partial charge < -0.3 is 5.11 Å². The number of hydrogen-bond donors (Lipinski definition) is 1. The van der Waals surface area contributed by atoms with Crippen molar-refractivity contribution in [1.82, 2.24) is 8.61 Å². The molecule has 3 atom stereocenters. The van der Waals surface area contributed by atoms with Crippen LogP contribution in [-0.4, -0.2) is 54.3 Å². The minimum absolute atomic E-state index is 0.108. The molecule has 2 aliphatic heterocycles. The summed E-state index contributed by atoms with van der Waals surface area (Å²) < 4.78 is 28.2. The number of carboxylic acids is 1. The van der Waals surface area contributed by atoms with Gasteiger partial charge in [-0.05, 0) is 31.1 Å². The first-order valence-corrected chi connectivity index (χ1v) is 8.68. The highest BCUT2D eigenvalue weighted by atomic mass is 32.2. The lowest BCUT2D eigenvalue weighted by atomic mass is 9.94. The first-order valence-electron chi connectivity index (χ1n) is 7.28. The van der Waals surface area contributed by atoms with Gasteiger partial charge in [-0.15, -0.1) is 0 Å². The molecule has 0 aromatic carbocycles. The highest BCUT2D eigenvalue weighted by Gasteiger charge is 2.38. The van der Waals surface area contributed by atoms with Crippen LogP contribution in [0.4, 0.5) is 0 Å². The molecule has 0 aliphatic carbocycles. The zero-order valence-corrected chi connectivity index (χ0v) is 13.0. The van der Waals surface area contributed by atoms with Crippen molar-refractivity contribution in [3.63, 3.8) is 0 Å². The van der Waals surface area contributed by atoms with Gasteiger partial charge in [0, 0.05) is 26.2 Å². The number of carbonyl (C=O) groups is 1. The lowest BCUT2D eigenvalue weighted by Gasteiger charge is -2.39. The molecule has 0 aromatic rings. The molecule has 0 bridgehead atoms. The van der Waals surface area contributed by atoms with Gasteiger partial charge in [-0.3, -0.25) is 4.79 Å². The van der Waals surface area contributed by atoms with Gasteiger partial charge in [0.2, 0.25) is 0 Å². The third-order valence-corrected chi connectivity index (χ3v) is 6.16. The zero-order valence-electron chi connectivity index (χ0n) is 12.2. The van der Waals surface area contributed by atoms with Gasteiger partial charge in [-0.25, -0.2) is 0 Å². The Morgan fingerprint density at radius 3 is 2.25 bits per heavy atom. The van der Waals surface area contributed by atoms with Gasteiger partial charge >= 0.3 is 5.97 Å². The predicted octanol–water partition coefficient (Wildman–Crippen LogP) is 1.01. The van der Waals surface area contributed by atoms with E-state index < -0.39 is 22.1 Å². The largest absolute Gasteiger partial charge is 0.481 e. The Balaban J connectivity index is 2.11. The molecule has 7 heteroatoms. The minimum Gasteiger partial charge on any atom is -0.481 e. The van der Waals surface area contributed by atoms with Crippen LogP contribution in [0.5, 0.6) is 0 Å². The normalized spacial score (nSPS) is 34.0. The molecule has 2 aliphatic rings. The quantitative estimate of drug-likeness (QED) is 0.844. The van der Waals surface area contributed by atoms with Crippen LogP contribution in [0.2, 0.25) is 0 Å². The number of nitrogens with zero attached hydrogens (tertiary/aromatic N) is 2. The molecule has 0 aromatic heterocycles. The van der Waals surface area contributed by atoms with E-state index in [1.54, 1.807) is 0 Å². The molecule has 2 saturated heterocycles. The SMILES string of the molecule is C[C@@H]1C[C@H](C)CN(S(=O)(=O)N2CCC[C@H](C(=O)O)C2)C1. The van der Waals surface area contributed by atoms with Gasteiger partial charge in [0.25, 0.3) is 10.2 Å². The Morgan fingerprint density at radius 2 is 1.70 bits per heavy atom. The van der Waals surface area contributed by atoms with Gasteiger partial charge in [0.1, 0.15) is 0 Å². The van der Waals surface area contributed by atoms with E-state index >= 15 is 0 Å². The maximum atomic E-state index is 12.7. The minimum atomic E-state index is -3.51. The molecule has 0 spiro atoms. The van der Waals surface area contributed by atoms with Crippen molar-refractivity contribution in [3.8, 4) is 0 Å². The van der Waals surface area contributed by atoms with Gasteiger partial charge in [0.05, 0.1) is 5.92 Å². The Kier molecular flexibility index (Phi) is 4.71. The fourth-order valence-corrected chi connectivity index (χ4v) is 5.25. The van der Waals surface area contributed by atoms with Gasteiger partial charge in [-0.1, -0.05) is 13.8 Å². The van der Waals surface area contributed by atoms with Crippen LogP contribution < -0.4 is 0 Å². The molecular weight excluding hydrogens is 280 g/mol. The summed E-state index contributed by atoms with van der Waals surface area (Å²) in [6.45, 7) is 5.76. The summed E-state index contributed by atoms with van der Waals surface area (Å²) in [5.41, 5.74) is 0. The fourth-order valence-electron chi connectivity index (χ4n) is 3.31. The molecule has 0 saturated carbocycles. The molecule has 2 fully saturated rings. The number of aliphatic carboxylic acids is 1. The van der Waals surface area contributed by atoms with Crippen LogP contribution >= 0.6 is 0 Å². The summed E-state index contributed by atoms with van der Waals surface area (Å²) in [5.74, 6) is -0.759. The Labute approximate surface area is 120 Å². The Hall–Kier alpha value is -0.660. The third-order valence-electron chi connectivity index (χ3n) is 4.22. The van der Waals surface area contributed by atoms with E-state index in [9.17, 15) is 13.2 Å². The van der Waals surface area contributed by atoms with Crippen molar-refractivity contribution in [3.05, 3.63) is 0 Å². The van der Waals surface area contributed by atoms with Crippen LogP contribution in [0.15, 0.2) is 0 Å². The molecule has 20 heavy (non-hydrogen) atoms. The summed E-state index contributed by atoms with van der Waals surface area (Å²) in [5, 5.41) is 9.08. The number of piperidine rings is 2. The molecule has 2 rings (SSSR count). The topological polar surface area (TPSA) is 77.9 Å². The van der Waals surface area contributed by atoms with E-state index in [0.29, 0.717) is 44.3 Å². The summed E-state index contributed by atoms with van der Waals surface area (Å²) >= 11 is 0. The molecule has 0 unspecified atom stereocenters. The summed E-state index contributed by atoms with van der Waals surface area (Å²) in [7, 11) is -3.51. The highest BCUT2D eigenvalue weighted by molar-refractivity contribution is 7.86. The summed E-state index contributed by atoms with van der Waals surface area (Å²) in [6.07, 6.45) is 2.23. The Bertz CT molecular complexity index is 455. The average Bonchev–Trinajstić information content (AvgIpc) is 2.37. The first-order chi connectivity index (χ1) is 9.30. The lowest BCUT2D eigenvalue weighted by molar-refractivity contribution is -0.142. The molecule has 1 N–H and O–H groups in total. The fraction of sp³-hybridized carbons (Fsp3) is 0.923. The van der Waals surface area contributed by atoms with Crippen LogP contribution in [0.3, 0.4) is 0 Å². The van der Waals surface area contributed by atoms with E-state index in [0.717, 1.165) is 6.42 Å². The van der Waals surface area contributed by atoms with Crippen molar-refractivity contribution in [2.45, 2.75) is 33.1 Å². The first kappa shape index (κ1) is 15.7. The van der Waals surface area contributed by atoms with Crippen molar-refractivity contribution in [1.29, 1.82) is 0 Å². The van der Waals surface area contributed by atoms with Crippen LogP contribution in [0, 0.1) is 17.8 Å². The van der Waals surface area contributed by atoms with Gasteiger partial charge in [-0.2, -0.15) is 17.0 Å². The predicted molar refractivity (Wildman–Crippen MR) is 75.4 cm³/mol. The summed E-state index contributed by atoms with van der Waals surface area (Å²) in [6, 6.07) is 0. The standard InChI is InChI=1S/C13H24N2O4S/c1-10-6-11(2)8-15(7-10)20(18,19)14-5-3-4-12(9-14)13(16)17/h10-12H,3-9H2,1-2H3,(H,16,17)/t10-,11+,12-/m0/s1. The molecule has 116 valence electrons. The van der Waals surface area contributed by atoms with Crippen molar-refractivity contribution in [2.24, 2.45) is 17.8 Å². The van der Waals surface area contributed by atoms with E-state index in [1.807, 2.05) is 0 Å². The number of rotatable bonds is 3. The van der Waals surface area contributed by atoms with Crippen molar-refractivity contribution >= 4 is 16.2 Å². The van der Waals surface area contributed by atoms with Gasteiger partial charge in [0.15, 0.2) is 0 Å². The monoisotopic (exact) mass is 304 g/mol.